The molecule has 1 fully saturated rings. The first-order chi connectivity index (χ1) is 9.41. The Hall–Kier alpha value is -1.43. The molecule has 2 atom stereocenters. The van der Waals surface area contributed by atoms with Gasteiger partial charge in [-0.15, -0.1) is 0 Å². The maximum absolute atomic E-state index is 12.3. The van der Waals surface area contributed by atoms with Gasteiger partial charge in [-0.2, -0.15) is 0 Å². The third kappa shape index (κ3) is 3.17. The molecule has 1 heterocycles. The average molecular weight is 277 g/mol. The van der Waals surface area contributed by atoms with E-state index in [1.165, 1.54) is 5.56 Å². The first-order valence-electron chi connectivity index (χ1n) is 6.80. The maximum Gasteiger partial charge on any atom is 0.234 e. The molecule has 110 valence electrons. The van der Waals surface area contributed by atoms with Crippen molar-refractivity contribution < 1.29 is 9.53 Å². The highest BCUT2D eigenvalue weighted by atomic mass is 16.5. The number of anilines is 1. The van der Waals surface area contributed by atoms with Crippen LogP contribution in [0.4, 0.5) is 5.69 Å². The van der Waals surface area contributed by atoms with Gasteiger partial charge in [0.15, 0.2) is 0 Å². The van der Waals surface area contributed by atoms with Crippen LogP contribution in [-0.2, 0) is 16.1 Å². The van der Waals surface area contributed by atoms with Gasteiger partial charge in [-0.25, -0.2) is 0 Å². The molecular weight excluding hydrogens is 254 g/mol. The highest BCUT2D eigenvalue weighted by Gasteiger charge is 2.44. The van der Waals surface area contributed by atoms with Gasteiger partial charge in [0.1, 0.15) is 0 Å². The summed E-state index contributed by atoms with van der Waals surface area (Å²) in [6.45, 7) is 3.54. The van der Waals surface area contributed by atoms with Crippen LogP contribution in [0, 0.1) is 5.41 Å². The fraction of sp³-hybridized carbons (Fsp3) is 0.533. The van der Waals surface area contributed by atoms with Crippen molar-refractivity contribution in [2.24, 2.45) is 11.1 Å². The molecule has 0 radical (unpaired) electrons. The molecule has 0 spiro atoms. The number of nitrogens with two attached hydrogens (primary N) is 1. The van der Waals surface area contributed by atoms with Crippen LogP contribution in [-0.4, -0.2) is 44.2 Å². The standard InChI is InChI=1S/C15H23N3O2/c1-15(10-20-9-13(15)16)14(19)17-12-6-4-11(5-7-12)8-18(2)3/h4-7,13H,8-10,16H2,1-3H3,(H,17,19). The summed E-state index contributed by atoms with van der Waals surface area (Å²) in [6.07, 6.45) is 0. The van der Waals surface area contributed by atoms with Crippen molar-refractivity contribution in [3.05, 3.63) is 29.8 Å². The van der Waals surface area contributed by atoms with E-state index in [1.807, 2.05) is 45.3 Å². The summed E-state index contributed by atoms with van der Waals surface area (Å²) < 4.78 is 5.30. The fourth-order valence-corrected chi connectivity index (χ4v) is 2.26. The molecule has 20 heavy (non-hydrogen) atoms. The van der Waals surface area contributed by atoms with Crippen molar-refractivity contribution in [2.45, 2.75) is 19.5 Å². The Balaban J connectivity index is 2.01. The molecule has 2 rings (SSSR count). The zero-order valence-corrected chi connectivity index (χ0v) is 12.3. The van der Waals surface area contributed by atoms with Gasteiger partial charge in [0, 0.05) is 18.3 Å². The number of hydrogen-bond acceptors (Lipinski definition) is 4. The fourth-order valence-electron chi connectivity index (χ4n) is 2.26. The molecule has 1 amide bonds. The predicted octanol–water partition coefficient (Wildman–Crippen LogP) is 1.05. The summed E-state index contributed by atoms with van der Waals surface area (Å²) >= 11 is 0. The molecule has 1 aromatic rings. The zero-order chi connectivity index (χ0) is 14.8. The van der Waals surface area contributed by atoms with Crippen molar-refractivity contribution >= 4 is 11.6 Å². The van der Waals surface area contributed by atoms with Gasteiger partial charge in [-0.1, -0.05) is 12.1 Å². The molecule has 0 saturated carbocycles. The van der Waals surface area contributed by atoms with Crippen LogP contribution in [0.2, 0.25) is 0 Å². The van der Waals surface area contributed by atoms with E-state index in [9.17, 15) is 4.79 Å². The van der Waals surface area contributed by atoms with Crippen LogP contribution >= 0.6 is 0 Å². The summed E-state index contributed by atoms with van der Waals surface area (Å²) in [5.41, 5.74) is 7.30. The topological polar surface area (TPSA) is 67.6 Å². The molecule has 5 nitrogen and oxygen atoms in total. The SMILES string of the molecule is CN(C)Cc1ccc(NC(=O)C2(C)COCC2N)cc1. The van der Waals surface area contributed by atoms with Crippen LogP contribution in [0.1, 0.15) is 12.5 Å². The lowest BCUT2D eigenvalue weighted by Crippen LogP contribution is -2.47. The van der Waals surface area contributed by atoms with Crippen LogP contribution in [0.25, 0.3) is 0 Å². The Morgan fingerprint density at radius 2 is 2.10 bits per heavy atom. The number of benzene rings is 1. The van der Waals surface area contributed by atoms with E-state index in [-0.39, 0.29) is 11.9 Å². The molecule has 1 aliphatic heterocycles. The van der Waals surface area contributed by atoms with Gasteiger partial charge >= 0.3 is 0 Å². The van der Waals surface area contributed by atoms with Gasteiger partial charge in [-0.05, 0) is 38.7 Å². The van der Waals surface area contributed by atoms with Gasteiger partial charge in [0.05, 0.1) is 18.6 Å². The number of carbonyl (C=O) groups is 1. The third-order valence-corrected chi connectivity index (χ3v) is 3.75. The molecular formula is C15H23N3O2. The minimum Gasteiger partial charge on any atom is -0.379 e. The Morgan fingerprint density at radius 3 is 2.60 bits per heavy atom. The van der Waals surface area contributed by atoms with Crippen molar-refractivity contribution in [1.29, 1.82) is 0 Å². The van der Waals surface area contributed by atoms with E-state index in [0.717, 1.165) is 12.2 Å². The third-order valence-electron chi connectivity index (χ3n) is 3.75. The second kappa shape index (κ2) is 5.91. The van der Waals surface area contributed by atoms with Gasteiger partial charge < -0.3 is 20.7 Å². The lowest BCUT2D eigenvalue weighted by Gasteiger charge is -2.25. The predicted molar refractivity (Wildman–Crippen MR) is 79.4 cm³/mol. The number of amides is 1. The summed E-state index contributed by atoms with van der Waals surface area (Å²) in [4.78, 5) is 14.4. The maximum atomic E-state index is 12.3. The molecule has 1 saturated heterocycles. The first kappa shape index (κ1) is 15.0. The largest absolute Gasteiger partial charge is 0.379 e. The highest BCUT2D eigenvalue weighted by molar-refractivity contribution is 5.96. The summed E-state index contributed by atoms with van der Waals surface area (Å²) in [6, 6.07) is 7.62. The number of hydrogen-bond donors (Lipinski definition) is 2. The minimum atomic E-state index is -0.650. The van der Waals surface area contributed by atoms with Crippen molar-refractivity contribution in [3.8, 4) is 0 Å². The molecule has 1 aliphatic rings. The van der Waals surface area contributed by atoms with Gasteiger partial charge in [0.25, 0.3) is 0 Å². The quantitative estimate of drug-likeness (QED) is 0.863. The molecule has 3 N–H and O–H groups in total. The van der Waals surface area contributed by atoms with E-state index in [0.29, 0.717) is 13.2 Å². The van der Waals surface area contributed by atoms with E-state index in [4.69, 9.17) is 10.5 Å². The van der Waals surface area contributed by atoms with E-state index in [2.05, 4.69) is 10.2 Å². The molecule has 2 unspecified atom stereocenters. The van der Waals surface area contributed by atoms with Crippen LogP contribution in [0.5, 0.6) is 0 Å². The van der Waals surface area contributed by atoms with Crippen molar-refractivity contribution in [2.75, 3.05) is 32.6 Å². The van der Waals surface area contributed by atoms with E-state index in [1.54, 1.807) is 0 Å². The number of nitrogens with one attached hydrogen (secondary N) is 1. The van der Waals surface area contributed by atoms with Gasteiger partial charge in [0.2, 0.25) is 5.91 Å². The van der Waals surface area contributed by atoms with Crippen LogP contribution in [0.15, 0.2) is 24.3 Å². The van der Waals surface area contributed by atoms with E-state index >= 15 is 0 Å². The highest BCUT2D eigenvalue weighted by Crippen LogP contribution is 2.28. The number of nitrogens with zero attached hydrogens (tertiary/aromatic N) is 1. The smallest absolute Gasteiger partial charge is 0.234 e. The van der Waals surface area contributed by atoms with E-state index < -0.39 is 5.41 Å². The normalized spacial score (nSPS) is 25.9. The molecule has 1 aromatic carbocycles. The number of rotatable bonds is 4. The molecule has 0 aliphatic carbocycles. The average Bonchev–Trinajstić information content (AvgIpc) is 2.73. The summed E-state index contributed by atoms with van der Waals surface area (Å²) in [5.74, 6) is -0.0807. The number of carbonyl (C=O) groups excluding carboxylic acids is 1. The molecule has 0 bridgehead atoms. The molecule has 5 heteroatoms. The Bertz CT molecular complexity index is 473. The van der Waals surface area contributed by atoms with Crippen LogP contribution < -0.4 is 11.1 Å². The van der Waals surface area contributed by atoms with Crippen molar-refractivity contribution in [3.63, 3.8) is 0 Å². The monoisotopic (exact) mass is 277 g/mol. The number of ether oxygens (including phenoxy) is 1. The lowest BCUT2D eigenvalue weighted by atomic mass is 9.85. The Kier molecular flexibility index (Phi) is 4.42. The second-order valence-corrected chi connectivity index (χ2v) is 5.93. The second-order valence-electron chi connectivity index (χ2n) is 5.93. The lowest BCUT2D eigenvalue weighted by molar-refractivity contribution is -0.125. The molecule has 0 aromatic heterocycles. The van der Waals surface area contributed by atoms with Crippen molar-refractivity contribution in [1.82, 2.24) is 4.90 Å². The zero-order valence-electron chi connectivity index (χ0n) is 12.3. The van der Waals surface area contributed by atoms with Crippen LogP contribution in [0.3, 0.4) is 0 Å². The Morgan fingerprint density at radius 1 is 1.45 bits per heavy atom. The van der Waals surface area contributed by atoms with Gasteiger partial charge in [-0.3, -0.25) is 4.79 Å². The Labute approximate surface area is 120 Å². The first-order valence-corrected chi connectivity index (χ1v) is 6.80. The minimum absolute atomic E-state index is 0.0807. The summed E-state index contributed by atoms with van der Waals surface area (Å²) in [7, 11) is 4.05. The summed E-state index contributed by atoms with van der Waals surface area (Å²) in [5, 5.41) is 2.92.